The summed E-state index contributed by atoms with van der Waals surface area (Å²) in [6.45, 7) is 4.04. The fourth-order valence-corrected chi connectivity index (χ4v) is 3.07. The van der Waals surface area contributed by atoms with Crippen LogP contribution in [0.15, 0.2) is 59.7 Å². The van der Waals surface area contributed by atoms with Crippen LogP contribution in [0.1, 0.15) is 17.0 Å². The van der Waals surface area contributed by atoms with Gasteiger partial charge in [-0.2, -0.15) is 5.10 Å². The van der Waals surface area contributed by atoms with Gasteiger partial charge < -0.3 is 9.88 Å². The minimum atomic E-state index is -0.378. The van der Waals surface area contributed by atoms with E-state index in [1.54, 1.807) is 24.4 Å². The van der Waals surface area contributed by atoms with Gasteiger partial charge in [0.1, 0.15) is 5.82 Å². The van der Waals surface area contributed by atoms with E-state index in [0.717, 1.165) is 22.6 Å². The third kappa shape index (κ3) is 4.53. The van der Waals surface area contributed by atoms with Crippen LogP contribution in [0.2, 0.25) is 5.02 Å². The molecule has 0 amide bonds. The molecule has 27 heavy (non-hydrogen) atoms. The average molecular weight is 401 g/mol. The number of anilines is 1. The summed E-state index contributed by atoms with van der Waals surface area (Å²) in [6, 6.07) is 16.0. The van der Waals surface area contributed by atoms with Crippen LogP contribution in [0.3, 0.4) is 0 Å². The van der Waals surface area contributed by atoms with Gasteiger partial charge >= 0.3 is 0 Å². The van der Waals surface area contributed by atoms with E-state index in [4.69, 9.17) is 23.8 Å². The first kappa shape index (κ1) is 19.1. The number of nitrogens with zero attached hydrogens (tertiary/aromatic N) is 2. The number of thiocarbonyl (C=S) groups is 1. The second-order valence-corrected chi connectivity index (χ2v) is 6.79. The Labute approximate surface area is 167 Å². The van der Waals surface area contributed by atoms with Crippen molar-refractivity contribution in [1.82, 2.24) is 9.99 Å². The second-order valence-electron chi connectivity index (χ2n) is 5.94. The standard InChI is InChI=1S/C20H18ClFN4S/c1-13-11-15(14(2)26(13)17-9-7-16(21)8-10-17)12-23-25-20(27)24-19-6-4-3-5-18(19)22/h3-12H,1-2H3,(H2,24,25,27)/b23-12-. The lowest BCUT2D eigenvalue weighted by Crippen LogP contribution is -2.24. The molecule has 0 unspecified atom stereocenters. The predicted octanol–water partition coefficient (Wildman–Crippen LogP) is 5.21. The number of aryl methyl sites for hydroxylation is 1. The molecule has 0 radical (unpaired) electrons. The van der Waals surface area contributed by atoms with Crippen LogP contribution in [0.4, 0.5) is 10.1 Å². The van der Waals surface area contributed by atoms with Gasteiger partial charge in [0, 0.05) is 27.7 Å². The average Bonchev–Trinajstić information content (AvgIpc) is 2.92. The van der Waals surface area contributed by atoms with E-state index >= 15 is 0 Å². The summed E-state index contributed by atoms with van der Waals surface area (Å²) >= 11 is 11.1. The van der Waals surface area contributed by atoms with E-state index in [0.29, 0.717) is 10.7 Å². The summed E-state index contributed by atoms with van der Waals surface area (Å²) in [4.78, 5) is 0. The highest BCUT2D eigenvalue weighted by Gasteiger charge is 2.09. The Morgan fingerprint density at radius 2 is 1.85 bits per heavy atom. The highest BCUT2D eigenvalue weighted by Crippen LogP contribution is 2.21. The number of halogens is 2. The summed E-state index contributed by atoms with van der Waals surface area (Å²) in [5, 5.41) is 7.84. The molecule has 0 spiro atoms. The molecule has 1 heterocycles. The van der Waals surface area contributed by atoms with Crippen molar-refractivity contribution in [3.05, 3.63) is 82.4 Å². The van der Waals surface area contributed by atoms with Crippen LogP contribution in [0.5, 0.6) is 0 Å². The minimum Gasteiger partial charge on any atom is -0.329 e. The van der Waals surface area contributed by atoms with Crippen molar-refractivity contribution in [2.75, 3.05) is 5.32 Å². The number of benzene rings is 2. The molecule has 2 aromatic carbocycles. The van der Waals surface area contributed by atoms with Gasteiger partial charge in [0.2, 0.25) is 0 Å². The molecule has 0 saturated heterocycles. The fourth-order valence-electron chi connectivity index (χ4n) is 2.78. The van der Waals surface area contributed by atoms with Crippen molar-refractivity contribution >= 4 is 40.8 Å². The lowest BCUT2D eigenvalue weighted by Gasteiger charge is -2.09. The van der Waals surface area contributed by atoms with Gasteiger partial charge in [0.15, 0.2) is 5.11 Å². The summed E-state index contributed by atoms with van der Waals surface area (Å²) in [5.74, 6) is -0.378. The molecule has 1 aromatic heterocycles. The maximum atomic E-state index is 13.6. The molecule has 0 aliphatic heterocycles. The third-order valence-corrected chi connectivity index (χ3v) is 4.49. The molecule has 0 atom stereocenters. The van der Waals surface area contributed by atoms with E-state index in [1.165, 1.54) is 6.07 Å². The molecule has 3 aromatic rings. The summed E-state index contributed by atoms with van der Waals surface area (Å²) in [5.41, 5.74) is 7.09. The van der Waals surface area contributed by atoms with E-state index in [2.05, 4.69) is 20.4 Å². The lowest BCUT2D eigenvalue weighted by molar-refractivity contribution is 0.632. The molecule has 0 aliphatic carbocycles. The number of nitrogens with one attached hydrogen (secondary N) is 2. The number of para-hydroxylation sites is 1. The lowest BCUT2D eigenvalue weighted by atomic mass is 10.2. The normalized spacial score (nSPS) is 11.0. The Bertz CT molecular complexity index is 996. The van der Waals surface area contributed by atoms with Crippen LogP contribution >= 0.6 is 23.8 Å². The molecule has 4 nitrogen and oxygen atoms in total. The first-order valence-corrected chi connectivity index (χ1v) is 9.04. The Morgan fingerprint density at radius 1 is 1.15 bits per heavy atom. The fraction of sp³-hybridized carbons (Fsp3) is 0.100. The molecule has 3 rings (SSSR count). The molecule has 0 saturated carbocycles. The highest BCUT2D eigenvalue weighted by atomic mass is 35.5. The van der Waals surface area contributed by atoms with Crippen LogP contribution in [-0.2, 0) is 0 Å². The van der Waals surface area contributed by atoms with Crippen molar-refractivity contribution in [1.29, 1.82) is 0 Å². The van der Waals surface area contributed by atoms with Crippen LogP contribution in [-0.4, -0.2) is 15.9 Å². The SMILES string of the molecule is Cc1cc(/C=N\NC(=S)Nc2ccccc2F)c(C)n1-c1ccc(Cl)cc1. The second kappa shape index (κ2) is 8.33. The zero-order valence-corrected chi connectivity index (χ0v) is 16.4. The summed E-state index contributed by atoms with van der Waals surface area (Å²) in [6.07, 6.45) is 1.68. The first-order valence-electron chi connectivity index (χ1n) is 8.25. The van der Waals surface area contributed by atoms with E-state index in [9.17, 15) is 4.39 Å². The van der Waals surface area contributed by atoms with E-state index in [-0.39, 0.29) is 10.9 Å². The molecular weight excluding hydrogens is 383 g/mol. The van der Waals surface area contributed by atoms with Crippen molar-refractivity contribution in [3.8, 4) is 5.69 Å². The Balaban J connectivity index is 1.71. The monoisotopic (exact) mass is 400 g/mol. The largest absolute Gasteiger partial charge is 0.329 e. The maximum Gasteiger partial charge on any atom is 0.191 e. The van der Waals surface area contributed by atoms with Gasteiger partial charge in [-0.05, 0) is 68.5 Å². The topological polar surface area (TPSA) is 41.4 Å². The molecule has 0 aliphatic rings. The van der Waals surface area contributed by atoms with Gasteiger partial charge in [-0.15, -0.1) is 0 Å². The van der Waals surface area contributed by atoms with Gasteiger partial charge in [-0.3, -0.25) is 5.43 Å². The molecular formula is C20H18ClFN4S. The molecule has 2 N–H and O–H groups in total. The molecule has 0 fully saturated rings. The molecule has 0 bridgehead atoms. The number of rotatable bonds is 4. The van der Waals surface area contributed by atoms with Crippen LogP contribution in [0.25, 0.3) is 5.69 Å². The Morgan fingerprint density at radius 3 is 2.56 bits per heavy atom. The number of aromatic nitrogens is 1. The highest BCUT2D eigenvalue weighted by molar-refractivity contribution is 7.80. The molecule has 138 valence electrons. The third-order valence-electron chi connectivity index (χ3n) is 4.05. The van der Waals surface area contributed by atoms with Crippen molar-refractivity contribution in [2.24, 2.45) is 5.10 Å². The van der Waals surface area contributed by atoms with E-state index < -0.39 is 0 Å². The Kier molecular flexibility index (Phi) is 5.88. The summed E-state index contributed by atoms with van der Waals surface area (Å²) in [7, 11) is 0. The molecule has 7 heteroatoms. The smallest absolute Gasteiger partial charge is 0.191 e. The first-order chi connectivity index (χ1) is 13.0. The van der Waals surface area contributed by atoms with Gasteiger partial charge in [-0.1, -0.05) is 23.7 Å². The van der Waals surface area contributed by atoms with Gasteiger partial charge in [-0.25, -0.2) is 4.39 Å². The zero-order chi connectivity index (χ0) is 19.4. The van der Waals surface area contributed by atoms with Gasteiger partial charge in [0.05, 0.1) is 11.9 Å². The van der Waals surface area contributed by atoms with Crippen molar-refractivity contribution in [3.63, 3.8) is 0 Å². The van der Waals surface area contributed by atoms with Crippen LogP contribution in [0, 0.1) is 19.7 Å². The van der Waals surface area contributed by atoms with E-state index in [1.807, 2.05) is 44.2 Å². The minimum absolute atomic E-state index is 0.211. The Hall–Kier alpha value is -2.70. The maximum absolute atomic E-state index is 13.6. The quantitative estimate of drug-likeness (QED) is 0.359. The van der Waals surface area contributed by atoms with Crippen molar-refractivity contribution < 1.29 is 4.39 Å². The number of hydrogen-bond donors (Lipinski definition) is 2. The zero-order valence-electron chi connectivity index (χ0n) is 14.8. The van der Waals surface area contributed by atoms with Crippen molar-refractivity contribution in [2.45, 2.75) is 13.8 Å². The summed E-state index contributed by atoms with van der Waals surface area (Å²) < 4.78 is 15.7. The van der Waals surface area contributed by atoms with Gasteiger partial charge in [0.25, 0.3) is 0 Å². The van der Waals surface area contributed by atoms with Crippen LogP contribution < -0.4 is 10.7 Å². The number of hydrogen-bond acceptors (Lipinski definition) is 2. The predicted molar refractivity (Wildman–Crippen MR) is 114 cm³/mol. The number of hydrazone groups is 1.